The summed E-state index contributed by atoms with van der Waals surface area (Å²) in [5.74, 6) is 1.19. The molecule has 28 heavy (non-hydrogen) atoms. The van der Waals surface area contributed by atoms with Gasteiger partial charge in [-0.05, 0) is 18.4 Å². The summed E-state index contributed by atoms with van der Waals surface area (Å²) in [7, 11) is 3.61. The van der Waals surface area contributed by atoms with Gasteiger partial charge >= 0.3 is 0 Å². The van der Waals surface area contributed by atoms with Gasteiger partial charge in [0.15, 0.2) is 5.96 Å². The first-order valence-corrected chi connectivity index (χ1v) is 9.29. The Morgan fingerprint density at radius 3 is 2.57 bits per heavy atom. The molecule has 1 N–H and O–H groups in total. The van der Waals surface area contributed by atoms with E-state index in [0.29, 0.717) is 19.0 Å². The van der Waals surface area contributed by atoms with Crippen LogP contribution in [0, 0.1) is 6.92 Å². The van der Waals surface area contributed by atoms with E-state index < -0.39 is 0 Å². The third-order valence-corrected chi connectivity index (χ3v) is 4.95. The average Bonchev–Trinajstić information content (AvgIpc) is 3.09. The van der Waals surface area contributed by atoms with Crippen LogP contribution in [0.5, 0.6) is 0 Å². The first-order valence-electron chi connectivity index (χ1n) is 9.29. The molecule has 0 spiro atoms. The number of aromatic nitrogens is 2. The van der Waals surface area contributed by atoms with Crippen molar-refractivity contribution < 1.29 is 4.79 Å². The molecule has 8 heteroatoms. The molecule has 1 aliphatic rings. The predicted molar refractivity (Wildman–Crippen MR) is 124 cm³/mol. The number of carbonyl (C=O) groups is 1. The number of halogens is 1. The minimum atomic E-state index is 0. The monoisotopic (exact) mass is 496 g/mol. The molecule has 152 valence electrons. The molecule has 0 saturated carbocycles. The van der Waals surface area contributed by atoms with Crippen LogP contribution >= 0.6 is 24.0 Å². The Bertz CT molecular complexity index is 816. The van der Waals surface area contributed by atoms with Gasteiger partial charge in [0.25, 0.3) is 0 Å². The van der Waals surface area contributed by atoms with E-state index in [0.717, 1.165) is 24.7 Å². The number of aryl methyl sites for hydroxylation is 2. The van der Waals surface area contributed by atoms with Crippen LogP contribution in [-0.2, 0) is 11.8 Å². The molecule has 2 aromatic rings. The summed E-state index contributed by atoms with van der Waals surface area (Å²) in [4.78, 5) is 20.8. The van der Waals surface area contributed by atoms with E-state index in [1.807, 2.05) is 18.1 Å². The van der Waals surface area contributed by atoms with E-state index in [-0.39, 0.29) is 29.9 Å². The van der Waals surface area contributed by atoms with Gasteiger partial charge in [-0.2, -0.15) is 5.10 Å². The van der Waals surface area contributed by atoms with Gasteiger partial charge < -0.3 is 15.1 Å². The molecule has 7 nitrogen and oxygen atoms in total. The summed E-state index contributed by atoms with van der Waals surface area (Å²) in [5.41, 5.74) is 3.40. The van der Waals surface area contributed by atoms with Crippen molar-refractivity contribution in [2.75, 3.05) is 38.1 Å². The summed E-state index contributed by atoms with van der Waals surface area (Å²) < 4.78 is 1.71. The van der Waals surface area contributed by atoms with Gasteiger partial charge in [0.2, 0.25) is 5.91 Å². The number of rotatable bonds is 4. The van der Waals surface area contributed by atoms with Gasteiger partial charge in [-0.15, -0.1) is 24.0 Å². The van der Waals surface area contributed by atoms with Crippen molar-refractivity contribution in [3.63, 3.8) is 0 Å². The van der Waals surface area contributed by atoms with Crippen molar-refractivity contribution in [2.45, 2.75) is 19.8 Å². The molecule has 1 aromatic heterocycles. The molecule has 1 atom stereocenters. The van der Waals surface area contributed by atoms with E-state index in [2.05, 4.69) is 53.5 Å². The fourth-order valence-corrected chi connectivity index (χ4v) is 3.26. The molecular weight excluding hydrogens is 467 g/mol. The third-order valence-electron chi connectivity index (χ3n) is 4.95. The molecule has 0 bridgehead atoms. The second kappa shape index (κ2) is 9.90. The Labute approximate surface area is 183 Å². The predicted octanol–water partition coefficient (Wildman–Crippen LogP) is 2.37. The maximum Gasteiger partial charge on any atom is 0.246 e. The van der Waals surface area contributed by atoms with Crippen LogP contribution in [0.25, 0.3) is 0 Å². The minimum absolute atomic E-state index is 0. The zero-order chi connectivity index (χ0) is 19.4. The molecule has 1 aliphatic heterocycles. The van der Waals surface area contributed by atoms with Gasteiger partial charge in [0.1, 0.15) is 6.54 Å². The zero-order valence-corrected chi connectivity index (χ0v) is 19.3. The fraction of sp³-hybridized carbons (Fsp3) is 0.450. The van der Waals surface area contributed by atoms with Crippen molar-refractivity contribution in [1.29, 1.82) is 0 Å². The molecule has 0 radical (unpaired) electrons. The van der Waals surface area contributed by atoms with Crippen molar-refractivity contribution in [2.24, 2.45) is 12.0 Å². The zero-order valence-electron chi connectivity index (χ0n) is 16.9. The van der Waals surface area contributed by atoms with Crippen LogP contribution < -0.4 is 10.2 Å². The number of benzene rings is 1. The summed E-state index contributed by atoms with van der Waals surface area (Å²) >= 11 is 0. The molecule has 1 saturated heterocycles. The fourth-order valence-electron chi connectivity index (χ4n) is 3.26. The van der Waals surface area contributed by atoms with Gasteiger partial charge in [0.05, 0.1) is 11.9 Å². The molecule has 1 unspecified atom stereocenters. The molecule has 1 fully saturated rings. The Morgan fingerprint density at radius 2 is 2.00 bits per heavy atom. The maximum absolute atomic E-state index is 12.6. The minimum Gasteiger partial charge on any atom is -0.356 e. The Balaban J connectivity index is 0.00000280. The number of amides is 1. The topological polar surface area (TPSA) is 65.8 Å². The SMILES string of the molecule is CN=C(NCC(C)c1ccc(C)cc1)N1CCN(c2cnn(C)c2)C(=O)C1.I. The summed E-state index contributed by atoms with van der Waals surface area (Å²) in [6.07, 6.45) is 3.59. The lowest BCUT2D eigenvalue weighted by molar-refractivity contribution is -0.120. The van der Waals surface area contributed by atoms with Crippen molar-refractivity contribution in [3.8, 4) is 0 Å². The molecule has 3 rings (SSSR count). The van der Waals surface area contributed by atoms with Crippen LogP contribution in [0.3, 0.4) is 0 Å². The molecule has 1 amide bonds. The lowest BCUT2D eigenvalue weighted by Gasteiger charge is -2.35. The quantitative estimate of drug-likeness (QED) is 0.401. The highest BCUT2D eigenvalue weighted by Gasteiger charge is 2.27. The average molecular weight is 496 g/mol. The van der Waals surface area contributed by atoms with E-state index in [9.17, 15) is 4.79 Å². The Hall–Kier alpha value is -2.10. The van der Waals surface area contributed by atoms with Crippen molar-refractivity contribution in [1.82, 2.24) is 20.0 Å². The Kier molecular flexibility index (Phi) is 7.85. The standard InChI is InChI=1S/C20H28N6O.HI/c1-15-5-7-17(8-6-15)16(2)11-22-20(21-3)25-9-10-26(19(27)14-25)18-12-23-24(4)13-18;/h5-8,12-13,16H,9-11,14H2,1-4H3,(H,21,22);1H. The second-order valence-electron chi connectivity index (χ2n) is 7.08. The smallest absolute Gasteiger partial charge is 0.246 e. The van der Waals surface area contributed by atoms with Crippen LogP contribution in [0.1, 0.15) is 24.0 Å². The number of hydrogen-bond donors (Lipinski definition) is 1. The third kappa shape index (κ3) is 5.24. The first-order chi connectivity index (χ1) is 13.0. The first kappa shape index (κ1) is 22.2. The van der Waals surface area contributed by atoms with E-state index in [4.69, 9.17) is 0 Å². The van der Waals surface area contributed by atoms with Crippen LogP contribution in [0.2, 0.25) is 0 Å². The van der Waals surface area contributed by atoms with Crippen molar-refractivity contribution in [3.05, 3.63) is 47.8 Å². The highest BCUT2D eigenvalue weighted by Crippen LogP contribution is 2.17. The van der Waals surface area contributed by atoms with Gasteiger partial charge in [-0.25, -0.2) is 0 Å². The number of piperazine rings is 1. The number of aliphatic imine (C=N–C) groups is 1. The largest absolute Gasteiger partial charge is 0.356 e. The lowest BCUT2D eigenvalue weighted by atomic mass is 10.0. The van der Waals surface area contributed by atoms with Gasteiger partial charge in [0, 0.05) is 39.9 Å². The highest BCUT2D eigenvalue weighted by molar-refractivity contribution is 14.0. The molecular formula is C20H29IN6O. The molecule has 1 aromatic carbocycles. The second-order valence-corrected chi connectivity index (χ2v) is 7.08. The number of anilines is 1. The normalized spacial score (nSPS) is 16.0. The van der Waals surface area contributed by atoms with E-state index in [1.54, 1.807) is 22.8 Å². The number of nitrogens with zero attached hydrogens (tertiary/aromatic N) is 5. The van der Waals surface area contributed by atoms with Crippen LogP contribution in [0.4, 0.5) is 5.69 Å². The van der Waals surface area contributed by atoms with E-state index >= 15 is 0 Å². The number of guanidine groups is 1. The molecule has 0 aliphatic carbocycles. The van der Waals surface area contributed by atoms with Gasteiger partial charge in [-0.1, -0.05) is 36.8 Å². The number of carbonyl (C=O) groups excluding carboxylic acids is 1. The highest BCUT2D eigenvalue weighted by atomic mass is 127. The van der Waals surface area contributed by atoms with Crippen LogP contribution in [-0.4, -0.2) is 59.8 Å². The van der Waals surface area contributed by atoms with Gasteiger partial charge in [-0.3, -0.25) is 14.5 Å². The number of nitrogens with one attached hydrogen (secondary N) is 1. The Morgan fingerprint density at radius 1 is 1.29 bits per heavy atom. The number of hydrogen-bond acceptors (Lipinski definition) is 3. The summed E-state index contributed by atoms with van der Waals surface area (Å²) in [5, 5.41) is 7.57. The summed E-state index contributed by atoms with van der Waals surface area (Å²) in [6.45, 7) is 6.73. The maximum atomic E-state index is 12.6. The van der Waals surface area contributed by atoms with E-state index in [1.165, 1.54) is 11.1 Å². The van der Waals surface area contributed by atoms with Crippen molar-refractivity contribution >= 4 is 41.5 Å². The molecule has 2 heterocycles. The van der Waals surface area contributed by atoms with Crippen LogP contribution in [0.15, 0.2) is 41.7 Å². The lowest BCUT2D eigenvalue weighted by Crippen LogP contribution is -2.55. The summed E-state index contributed by atoms with van der Waals surface area (Å²) in [6, 6.07) is 8.61.